The fourth-order valence-corrected chi connectivity index (χ4v) is 2.51. The number of alkyl halides is 3. The zero-order valence-corrected chi connectivity index (χ0v) is 13.9. The number of rotatable bonds is 3. The van der Waals surface area contributed by atoms with Crippen molar-refractivity contribution in [1.29, 1.82) is 0 Å². The van der Waals surface area contributed by atoms with Gasteiger partial charge in [-0.2, -0.15) is 0 Å². The van der Waals surface area contributed by atoms with Crippen LogP contribution < -0.4 is 10.2 Å². The minimum absolute atomic E-state index is 0.274. The highest BCUT2D eigenvalue weighted by Crippen LogP contribution is 2.37. The predicted molar refractivity (Wildman–Crippen MR) is 80.6 cm³/mol. The van der Waals surface area contributed by atoms with Crippen LogP contribution in [0.5, 0.6) is 5.75 Å². The summed E-state index contributed by atoms with van der Waals surface area (Å²) in [4.78, 5) is 0.645. The highest BCUT2D eigenvalue weighted by atomic mass is 32.2. The van der Waals surface area contributed by atoms with Gasteiger partial charge in [-0.3, -0.25) is 0 Å². The highest BCUT2D eigenvalue weighted by Gasteiger charge is 2.51. The molecule has 1 aromatic carbocycles. The molecule has 0 bridgehead atoms. The summed E-state index contributed by atoms with van der Waals surface area (Å²) in [6.07, 6.45) is -2.95. The summed E-state index contributed by atoms with van der Waals surface area (Å²) in [5.74, 6) is -0.274. The van der Waals surface area contributed by atoms with Crippen molar-refractivity contribution in [3.05, 3.63) is 18.2 Å². The average Bonchev–Trinajstić information content (AvgIpc) is 2.56. The fraction of sp³-hybridized carbons (Fsp3) is 0.571. The molecule has 0 atom stereocenters. The van der Waals surface area contributed by atoms with Gasteiger partial charge in [0, 0.05) is 4.90 Å². The highest BCUT2D eigenvalue weighted by molar-refractivity contribution is 7.98. The van der Waals surface area contributed by atoms with Crippen LogP contribution in [0.4, 0.5) is 13.2 Å². The van der Waals surface area contributed by atoms with Crippen molar-refractivity contribution in [2.45, 2.75) is 50.2 Å². The molecule has 2 rings (SSSR count). The molecule has 0 spiro atoms. The van der Waals surface area contributed by atoms with E-state index in [0.717, 1.165) is 0 Å². The van der Waals surface area contributed by atoms with Crippen molar-refractivity contribution in [2.24, 2.45) is 0 Å². The van der Waals surface area contributed by atoms with Crippen LogP contribution in [0.25, 0.3) is 0 Å². The lowest BCUT2D eigenvalue weighted by Gasteiger charge is -2.32. The largest absolute Gasteiger partial charge is 0.573 e. The minimum atomic E-state index is -4.73. The molecule has 122 valence electrons. The van der Waals surface area contributed by atoms with Crippen molar-refractivity contribution in [1.82, 2.24) is 0 Å². The molecule has 0 radical (unpaired) electrons. The topological polar surface area (TPSA) is 27.7 Å². The van der Waals surface area contributed by atoms with Gasteiger partial charge in [0.05, 0.1) is 11.2 Å². The van der Waals surface area contributed by atoms with E-state index in [1.165, 1.54) is 23.9 Å². The second-order valence-electron chi connectivity index (χ2n) is 6.08. The lowest BCUT2D eigenvalue weighted by Crippen LogP contribution is -2.41. The number of ether oxygens (including phenoxy) is 1. The van der Waals surface area contributed by atoms with Crippen LogP contribution in [0, 0.1) is 0 Å². The van der Waals surface area contributed by atoms with Crippen LogP contribution in [-0.2, 0) is 9.31 Å². The Bertz CT molecular complexity index is 545. The molecule has 1 heterocycles. The second kappa shape index (κ2) is 5.65. The van der Waals surface area contributed by atoms with Gasteiger partial charge >= 0.3 is 13.5 Å². The summed E-state index contributed by atoms with van der Waals surface area (Å²) in [5, 5.41) is 0. The van der Waals surface area contributed by atoms with Gasteiger partial charge in [-0.1, -0.05) is 0 Å². The van der Waals surface area contributed by atoms with Crippen LogP contribution in [0.1, 0.15) is 27.7 Å². The third-order valence-corrected chi connectivity index (χ3v) is 4.60. The summed E-state index contributed by atoms with van der Waals surface area (Å²) in [7, 11) is -0.729. The Balaban J connectivity index is 2.34. The molecule has 1 aliphatic rings. The number of thioether (sulfide) groups is 1. The first-order valence-electron chi connectivity index (χ1n) is 6.74. The molecule has 1 aliphatic heterocycles. The summed E-state index contributed by atoms with van der Waals surface area (Å²) < 4.78 is 53.1. The van der Waals surface area contributed by atoms with Gasteiger partial charge < -0.3 is 14.0 Å². The van der Waals surface area contributed by atoms with Crippen LogP contribution in [0.15, 0.2) is 23.1 Å². The Morgan fingerprint density at radius 3 is 2.05 bits per heavy atom. The first kappa shape index (κ1) is 17.5. The first-order chi connectivity index (χ1) is 9.93. The molecule has 8 heteroatoms. The molecule has 0 N–H and O–H groups in total. The van der Waals surface area contributed by atoms with Gasteiger partial charge in [0.1, 0.15) is 5.75 Å². The van der Waals surface area contributed by atoms with E-state index >= 15 is 0 Å². The molecule has 1 saturated heterocycles. The first-order valence-corrected chi connectivity index (χ1v) is 7.96. The molecule has 22 heavy (non-hydrogen) atoms. The lowest BCUT2D eigenvalue weighted by atomic mass is 9.79. The summed E-state index contributed by atoms with van der Waals surface area (Å²) in [6.45, 7) is 7.55. The van der Waals surface area contributed by atoms with Gasteiger partial charge in [0.25, 0.3) is 0 Å². The van der Waals surface area contributed by atoms with E-state index in [-0.39, 0.29) is 5.75 Å². The quantitative estimate of drug-likeness (QED) is 0.624. The van der Waals surface area contributed by atoms with Crippen LogP contribution in [0.2, 0.25) is 0 Å². The standard InChI is InChI=1S/C14H18BF3O3S/c1-12(2)13(3,4)21-15(20-12)9-6-10(19-14(16,17)18)8-11(7-9)22-5/h6-8H,1-5H3. The summed E-state index contributed by atoms with van der Waals surface area (Å²) in [5.41, 5.74) is -0.611. The van der Waals surface area contributed by atoms with Crippen molar-refractivity contribution < 1.29 is 27.2 Å². The van der Waals surface area contributed by atoms with E-state index in [0.29, 0.717) is 10.4 Å². The summed E-state index contributed by atoms with van der Waals surface area (Å²) >= 11 is 1.32. The summed E-state index contributed by atoms with van der Waals surface area (Å²) in [6, 6.07) is 4.39. The van der Waals surface area contributed by atoms with Crippen molar-refractivity contribution >= 4 is 24.3 Å². The van der Waals surface area contributed by atoms with Gasteiger partial charge in [-0.25, -0.2) is 0 Å². The number of hydrogen-bond donors (Lipinski definition) is 0. The van der Waals surface area contributed by atoms with E-state index in [1.807, 2.05) is 27.7 Å². The van der Waals surface area contributed by atoms with E-state index in [4.69, 9.17) is 9.31 Å². The lowest BCUT2D eigenvalue weighted by molar-refractivity contribution is -0.274. The Labute approximate surface area is 132 Å². The normalized spacial score (nSPS) is 20.3. The fourth-order valence-electron chi connectivity index (χ4n) is 2.02. The molecule has 0 aliphatic carbocycles. The molecule has 0 aromatic heterocycles. The monoisotopic (exact) mass is 334 g/mol. The second-order valence-corrected chi connectivity index (χ2v) is 6.96. The molecule has 0 amide bonds. The Hall–Kier alpha value is -0.855. The van der Waals surface area contributed by atoms with Gasteiger partial charge in [-0.15, -0.1) is 24.9 Å². The van der Waals surface area contributed by atoms with Crippen molar-refractivity contribution in [3.8, 4) is 5.75 Å². The van der Waals surface area contributed by atoms with Gasteiger partial charge in [0.2, 0.25) is 0 Å². The third-order valence-electron chi connectivity index (χ3n) is 3.90. The maximum atomic E-state index is 12.4. The molecular weight excluding hydrogens is 316 g/mol. The molecule has 1 aromatic rings. The molecule has 1 fully saturated rings. The van der Waals surface area contributed by atoms with Crippen LogP contribution in [-0.4, -0.2) is 30.9 Å². The van der Waals surface area contributed by atoms with E-state index < -0.39 is 24.7 Å². The van der Waals surface area contributed by atoms with E-state index in [9.17, 15) is 13.2 Å². The maximum Gasteiger partial charge on any atom is 0.573 e. The Kier molecular flexibility index (Phi) is 4.50. The minimum Gasteiger partial charge on any atom is -0.406 e. The molecular formula is C14H18BF3O3S. The van der Waals surface area contributed by atoms with Gasteiger partial charge in [-0.05, 0) is 57.6 Å². The van der Waals surface area contributed by atoms with Gasteiger partial charge in [0.15, 0.2) is 0 Å². The molecule has 0 saturated carbocycles. The maximum absolute atomic E-state index is 12.4. The number of halogens is 3. The predicted octanol–water partition coefficient (Wildman–Crippen LogP) is 3.61. The zero-order valence-electron chi connectivity index (χ0n) is 13.1. The van der Waals surface area contributed by atoms with Crippen molar-refractivity contribution in [3.63, 3.8) is 0 Å². The van der Waals surface area contributed by atoms with Crippen LogP contribution in [0.3, 0.4) is 0 Å². The average molecular weight is 334 g/mol. The molecule has 3 nitrogen and oxygen atoms in total. The number of hydrogen-bond acceptors (Lipinski definition) is 4. The van der Waals surface area contributed by atoms with Crippen molar-refractivity contribution in [2.75, 3.05) is 6.26 Å². The SMILES string of the molecule is CSc1cc(OC(F)(F)F)cc(B2OC(C)(C)C(C)(C)O2)c1. The smallest absolute Gasteiger partial charge is 0.406 e. The van der Waals surface area contributed by atoms with E-state index in [2.05, 4.69) is 4.74 Å². The Morgan fingerprint density at radius 1 is 1.05 bits per heavy atom. The Morgan fingerprint density at radius 2 is 1.59 bits per heavy atom. The van der Waals surface area contributed by atoms with Crippen LogP contribution >= 0.6 is 11.8 Å². The zero-order chi connectivity index (χ0) is 16.8. The third kappa shape index (κ3) is 3.72. The molecule has 0 unspecified atom stereocenters. The van der Waals surface area contributed by atoms with E-state index in [1.54, 1.807) is 12.3 Å². The number of benzene rings is 1.